The third-order valence-electron chi connectivity index (χ3n) is 7.45. The van der Waals surface area contributed by atoms with Gasteiger partial charge < -0.3 is 4.74 Å². The Kier molecular flexibility index (Phi) is 7.19. The molecule has 3 aliphatic rings. The number of allylic oxidation sites excluding steroid dienone is 1. The molecule has 0 heterocycles. The van der Waals surface area contributed by atoms with Crippen molar-refractivity contribution in [2.24, 2.45) is 29.6 Å². The van der Waals surface area contributed by atoms with E-state index in [-0.39, 0.29) is 6.67 Å². The zero-order valence-corrected chi connectivity index (χ0v) is 15.4. The summed E-state index contributed by atoms with van der Waals surface area (Å²) in [5.41, 5.74) is 0. The fraction of sp³-hybridized carbons (Fsp3) is 0.909. The van der Waals surface area contributed by atoms with E-state index >= 15 is 0 Å². The summed E-state index contributed by atoms with van der Waals surface area (Å²) >= 11 is 0. The summed E-state index contributed by atoms with van der Waals surface area (Å²) in [7, 11) is 0. The van der Waals surface area contributed by atoms with Crippen LogP contribution in [0, 0.1) is 29.6 Å². The van der Waals surface area contributed by atoms with Gasteiger partial charge in [-0.2, -0.15) is 0 Å². The van der Waals surface area contributed by atoms with Gasteiger partial charge in [0, 0.05) is 0 Å². The van der Waals surface area contributed by atoms with Crippen LogP contribution in [-0.2, 0) is 4.74 Å². The molecule has 0 unspecified atom stereocenters. The van der Waals surface area contributed by atoms with E-state index in [1.165, 1.54) is 64.2 Å². The Morgan fingerprint density at radius 3 is 1.54 bits per heavy atom. The maximum absolute atomic E-state index is 12.2. The van der Waals surface area contributed by atoms with E-state index in [1.807, 2.05) is 0 Å². The molecule has 0 aromatic rings. The van der Waals surface area contributed by atoms with E-state index in [0.717, 1.165) is 42.4 Å². The fourth-order valence-corrected chi connectivity index (χ4v) is 5.88. The van der Waals surface area contributed by atoms with Gasteiger partial charge in [-0.3, -0.25) is 0 Å². The Balaban J connectivity index is 1.36. The minimum atomic E-state index is -0.335. The van der Waals surface area contributed by atoms with Crippen LogP contribution < -0.4 is 0 Å². The summed E-state index contributed by atoms with van der Waals surface area (Å²) in [6, 6.07) is 0. The SMILES string of the molecule is C=CC1CCC(C2CCC(C3CCC(OCCF)CC3)CC2)CC1. The molecule has 0 N–H and O–H groups in total. The highest BCUT2D eigenvalue weighted by Crippen LogP contribution is 2.45. The summed E-state index contributed by atoms with van der Waals surface area (Å²) < 4.78 is 17.8. The van der Waals surface area contributed by atoms with Gasteiger partial charge in [0.05, 0.1) is 12.7 Å². The Morgan fingerprint density at radius 2 is 1.12 bits per heavy atom. The van der Waals surface area contributed by atoms with Crippen LogP contribution in [0.1, 0.15) is 77.0 Å². The predicted octanol–water partition coefficient (Wildman–Crippen LogP) is 6.33. The summed E-state index contributed by atoms with van der Waals surface area (Å²) in [6.45, 7) is 3.94. The lowest BCUT2D eigenvalue weighted by Crippen LogP contribution is -2.31. The maximum Gasteiger partial charge on any atom is 0.113 e. The van der Waals surface area contributed by atoms with Crippen molar-refractivity contribution in [1.82, 2.24) is 0 Å². The van der Waals surface area contributed by atoms with E-state index in [2.05, 4.69) is 12.7 Å². The van der Waals surface area contributed by atoms with Crippen molar-refractivity contribution in [3.05, 3.63) is 12.7 Å². The molecule has 3 fully saturated rings. The molecule has 0 spiro atoms. The van der Waals surface area contributed by atoms with Gasteiger partial charge in [0.1, 0.15) is 6.67 Å². The lowest BCUT2D eigenvalue weighted by molar-refractivity contribution is 0.000385. The van der Waals surface area contributed by atoms with Crippen LogP contribution >= 0.6 is 0 Å². The van der Waals surface area contributed by atoms with Crippen LogP contribution in [0.25, 0.3) is 0 Å². The Labute approximate surface area is 148 Å². The molecule has 138 valence electrons. The van der Waals surface area contributed by atoms with Gasteiger partial charge in [-0.15, -0.1) is 6.58 Å². The van der Waals surface area contributed by atoms with Crippen molar-refractivity contribution in [2.75, 3.05) is 13.3 Å². The Bertz CT molecular complexity index is 358. The normalized spacial score (nSPS) is 41.0. The minimum Gasteiger partial charge on any atom is -0.376 e. The number of halogens is 1. The molecule has 1 nitrogen and oxygen atoms in total. The summed E-state index contributed by atoms with van der Waals surface area (Å²) in [5.74, 6) is 4.70. The second-order valence-corrected chi connectivity index (χ2v) is 8.68. The van der Waals surface area contributed by atoms with Crippen LogP contribution in [0.15, 0.2) is 12.7 Å². The average Bonchev–Trinajstić information content (AvgIpc) is 2.67. The van der Waals surface area contributed by atoms with Crippen molar-refractivity contribution >= 4 is 0 Å². The predicted molar refractivity (Wildman–Crippen MR) is 98.8 cm³/mol. The monoisotopic (exact) mass is 336 g/mol. The topological polar surface area (TPSA) is 9.23 Å². The first-order valence-corrected chi connectivity index (χ1v) is 10.6. The molecular weight excluding hydrogens is 299 g/mol. The van der Waals surface area contributed by atoms with Gasteiger partial charge >= 0.3 is 0 Å². The molecule has 0 aliphatic heterocycles. The van der Waals surface area contributed by atoms with Crippen LogP contribution in [0.5, 0.6) is 0 Å². The second kappa shape index (κ2) is 9.36. The molecule has 2 heteroatoms. The lowest BCUT2D eigenvalue weighted by atomic mass is 9.65. The van der Waals surface area contributed by atoms with Crippen molar-refractivity contribution in [3.63, 3.8) is 0 Å². The minimum absolute atomic E-state index is 0.300. The Morgan fingerprint density at radius 1 is 0.708 bits per heavy atom. The van der Waals surface area contributed by atoms with Crippen molar-refractivity contribution < 1.29 is 9.13 Å². The highest BCUT2D eigenvalue weighted by molar-refractivity contribution is 4.89. The van der Waals surface area contributed by atoms with Gasteiger partial charge in [0.15, 0.2) is 0 Å². The van der Waals surface area contributed by atoms with E-state index < -0.39 is 0 Å². The van der Waals surface area contributed by atoms with Crippen LogP contribution in [-0.4, -0.2) is 19.4 Å². The lowest BCUT2D eigenvalue weighted by Gasteiger charge is -2.41. The summed E-state index contributed by atoms with van der Waals surface area (Å²) in [6.07, 6.45) is 19.0. The summed E-state index contributed by atoms with van der Waals surface area (Å²) in [5, 5.41) is 0. The first kappa shape index (κ1) is 18.4. The standard InChI is InChI=1S/C22H37FO/c1-2-17-3-5-18(6-4-17)19-7-9-20(10-8-19)21-11-13-22(14-12-21)24-16-15-23/h2,17-22H,1,3-16H2. The molecule has 24 heavy (non-hydrogen) atoms. The molecule has 0 saturated heterocycles. The number of rotatable bonds is 6. The van der Waals surface area contributed by atoms with Gasteiger partial charge in [-0.05, 0) is 107 Å². The third-order valence-corrected chi connectivity index (χ3v) is 7.45. The highest BCUT2D eigenvalue weighted by atomic mass is 19.1. The van der Waals surface area contributed by atoms with Crippen LogP contribution in [0.4, 0.5) is 4.39 Å². The number of hydrogen-bond acceptors (Lipinski definition) is 1. The van der Waals surface area contributed by atoms with Crippen molar-refractivity contribution in [2.45, 2.75) is 83.2 Å². The third kappa shape index (κ3) is 4.84. The molecule has 0 aromatic heterocycles. The van der Waals surface area contributed by atoms with Crippen LogP contribution in [0.3, 0.4) is 0 Å². The first-order valence-electron chi connectivity index (χ1n) is 10.6. The van der Waals surface area contributed by atoms with E-state index in [0.29, 0.717) is 12.7 Å². The zero-order valence-electron chi connectivity index (χ0n) is 15.4. The number of alkyl halides is 1. The van der Waals surface area contributed by atoms with E-state index in [4.69, 9.17) is 4.74 Å². The largest absolute Gasteiger partial charge is 0.376 e. The molecule has 0 radical (unpaired) electrons. The second-order valence-electron chi connectivity index (χ2n) is 8.68. The maximum atomic E-state index is 12.2. The van der Waals surface area contributed by atoms with Crippen molar-refractivity contribution in [3.8, 4) is 0 Å². The summed E-state index contributed by atoms with van der Waals surface area (Å²) in [4.78, 5) is 0. The van der Waals surface area contributed by atoms with E-state index in [1.54, 1.807) is 0 Å². The molecule has 0 bridgehead atoms. The van der Waals surface area contributed by atoms with Crippen molar-refractivity contribution in [1.29, 1.82) is 0 Å². The fourth-order valence-electron chi connectivity index (χ4n) is 5.88. The first-order chi connectivity index (χ1) is 11.8. The van der Waals surface area contributed by atoms with Gasteiger partial charge in [0.25, 0.3) is 0 Å². The molecule has 0 aromatic carbocycles. The quantitative estimate of drug-likeness (QED) is 0.515. The van der Waals surface area contributed by atoms with E-state index in [9.17, 15) is 4.39 Å². The Hall–Kier alpha value is -0.370. The van der Waals surface area contributed by atoms with Gasteiger partial charge in [-0.1, -0.05) is 6.08 Å². The van der Waals surface area contributed by atoms with Gasteiger partial charge in [0.2, 0.25) is 0 Å². The number of hydrogen-bond donors (Lipinski definition) is 0. The molecule has 0 amide bonds. The zero-order chi connectivity index (χ0) is 16.8. The molecular formula is C22H37FO. The highest BCUT2D eigenvalue weighted by Gasteiger charge is 2.34. The molecule has 3 rings (SSSR count). The molecule has 3 saturated carbocycles. The van der Waals surface area contributed by atoms with Gasteiger partial charge in [-0.25, -0.2) is 4.39 Å². The average molecular weight is 337 g/mol. The molecule has 0 atom stereocenters. The molecule has 3 aliphatic carbocycles. The smallest absolute Gasteiger partial charge is 0.113 e. The number of ether oxygens (including phenoxy) is 1. The van der Waals surface area contributed by atoms with Crippen LogP contribution in [0.2, 0.25) is 0 Å².